The van der Waals surface area contributed by atoms with E-state index in [0.29, 0.717) is 43.4 Å². The van der Waals surface area contributed by atoms with Gasteiger partial charge in [-0.25, -0.2) is 9.18 Å². The van der Waals surface area contributed by atoms with Crippen molar-refractivity contribution in [1.29, 1.82) is 0 Å². The highest BCUT2D eigenvalue weighted by Crippen LogP contribution is 2.32. The van der Waals surface area contributed by atoms with Crippen LogP contribution < -0.4 is 0 Å². The largest absolute Gasteiger partial charge is 0.477 e. The van der Waals surface area contributed by atoms with Gasteiger partial charge in [-0.2, -0.15) is 0 Å². The van der Waals surface area contributed by atoms with Crippen molar-refractivity contribution in [3.05, 3.63) is 58.0 Å². The average molecular weight is 411 g/mol. The Hall–Kier alpha value is -2.09. The van der Waals surface area contributed by atoms with E-state index in [-0.39, 0.29) is 24.2 Å². The number of alkyl halides is 1. The molecule has 1 fully saturated rings. The summed E-state index contributed by atoms with van der Waals surface area (Å²) in [4.78, 5) is 16.0. The number of hydrogen-bond acceptors (Lipinski definition) is 5. The lowest BCUT2D eigenvalue weighted by atomic mass is 10.0. The van der Waals surface area contributed by atoms with Crippen molar-refractivity contribution in [2.24, 2.45) is 0 Å². The minimum absolute atomic E-state index is 0.0620. The fourth-order valence-corrected chi connectivity index (χ4v) is 3.60. The zero-order chi connectivity index (χ0) is 20.1. The van der Waals surface area contributed by atoms with Crippen molar-refractivity contribution in [3.8, 4) is 0 Å². The normalized spacial score (nSPS) is 20.9. The fraction of sp³-hybridized carbons (Fsp3) is 0.450. The lowest BCUT2D eigenvalue weighted by Crippen LogP contribution is -2.53. The molecule has 0 spiro atoms. The average Bonchev–Trinajstić information content (AvgIpc) is 2.69. The second-order valence-electron chi connectivity index (χ2n) is 6.69. The Balaban J connectivity index is 2.00. The summed E-state index contributed by atoms with van der Waals surface area (Å²) in [6.07, 6.45) is 1.71. The summed E-state index contributed by atoms with van der Waals surface area (Å²) in [7, 11) is 0. The molecular formula is C20H24ClFN2O4. The molecule has 1 aromatic rings. The summed E-state index contributed by atoms with van der Waals surface area (Å²) in [6.45, 7) is 3.89. The first kappa shape index (κ1) is 20.6. The number of hydrogen-bond donors (Lipinski definition) is 1. The van der Waals surface area contributed by atoms with Gasteiger partial charge in [0.15, 0.2) is 0 Å². The summed E-state index contributed by atoms with van der Waals surface area (Å²) in [5, 5.41) is 10.4. The van der Waals surface area contributed by atoms with Gasteiger partial charge in [0.1, 0.15) is 25.0 Å². The molecule has 3 rings (SSSR count). The van der Waals surface area contributed by atoms with Gasteiger partial charge < -0.3 is 19.5 Å². The number of morpholine rings is 1. The Kier molecular flexibility index (Phi) is 6.93. The van der Waals surface area contributed by atoms with Crippen LogP contribution in [0.15, 0.2) is 47.4 Å². The van der Waals surface area contributed by atoms with Crippen molar-refractivity contribution < 1.29 is 23.8 Å². The van der Waals surface area contributed by atoms with Crippen LogP contribution >= 0.6 is 11.6 Å². The first-order chi connectivity index (χ1) is 13.5. The Morgan fingerprint density at radius 1 is 1.32 bits per heavy atom. The topological polar surface area (TPSA) is 62.2 Å². The number of halogens is 2. The predicted octanol–water partition coefficient (Wildman–Crippen LogP) is 3.04. The van der Waals surface area contributed by atoms with Gasteiger partial charge in [0.25, 0.3) is 0 Å². The molecule has 1 unspecified atom stereocenters. The van der Waals surface area contributed by atoms with E-state index in [2.05, 4.69) is 4.90 Å². The van der Waals surface area contributed by atoms with Crippen LogP contribution in [0, 0.1) is 0 Å². The van der Waals surface area contributed by atoms with Crippen LogP contribution in [-0.2, 0) is 20.8 Å². The van der Waals surface area contributed by atoms with Crippen LogP contribution in [0.5, 0.6) is 0 Å². The van der Waals surface area contributed by atoms with E-state index < -0.39 is 12.6 Å². The highest BCUT2D eigenvalue weighted by atomic mass is 35.5. The van der Waals surface area contributed by atoms with Crippen molar-refractivity contribution in [1.82, 2.24) is 9.80 Å². The third kappa shape index (κ3) is 4.66. The van der Waals surface area contributed by atoms with Crippen molar-refractivity contribution in [2.45, 2.75) is 19.6 Å². The molecule has 0 saturated carbocycles. The van der Waals surface area contributed by atoms with E-state index in [9.17, 15) is 14.3 Å². The molecule has 1 aromatic carbocycles. The van der Waals surface area contributed by atoms with Crippen molar-refractivity contribution >= 4 is 17.6 Å². The fourth-order valence-electron chi connectivity index (χ4n) is 3.48. The van der Waals surface area contributed by atoms with E-state index in [4.69, 9.17) is 21.1 Å². The van der Waals surface area contributed by atoms with Gasteiger partial charge in [-0.3, -0.25) is 4.90 Å². The molecule has 1 atom stereocenters. The predicted molar refractivity (Wildman–Crippen MR) is 104 cm³/mol. The van der Waals surface area contributed by atoms with Crippen LogP contribution in [0.2, 0.25) is 5.02 Å². The second kappa shape index (κ2) is 9.41. The third-order valence-electron chi connectivity index (χ3n) is 4.80. The van der Waals surface area contributed by atoms with Gasteiger partial charge in [0, 0.05) is 24.7 Å². The quantitative estimate of drug-likeness (QED) is 0.745. The number of ether oxygens (including phenoxy) is 2. The van der Waals surface area contributed by atoms with Gasteiger partial charge in [-0.1, -0.05) is 23.7 Å². The van der Waals surface area contributed by atoms with Gasteiger partial charge in [0.2, 0.25) is 5.88 Å². The highest BCUT2D eigenvalue weighted by Gasteiger charge is 2.35. The second-order valence-corrected chi connectivity index (χ2v) is 7.13. The Bertz CT molecular complexity index is 760. The number of benzene rings is 1. The molecule has 0 aliphatic carbocycles. The van der Waals surface area contributed by atoms with Crippen molar-refractivity contribution in [3.63, 3.8) is 0 Å². The first-order valence-corrected chi connectivity index (χ1v) is 9.57. The number of nitrogens with zero attached hydrogens (tertiary/aromatic N) is 2. The van der Waals surface area contributed by atoms with Crippen LogP contribution in [0.25, 0.3) is 0 Å². The summed E-state index contributed by atoms with van der Waals surface area (Å²) < 4.78 is 23.9. The van der Waals surface area contributed by atoms with Gasteiger partial charge in [-0.05, 0) is 36.3 Å². The van der Waals surface area contributed by atoms with Crippen LogP contribution in [-0.4, -0.2) is 66.6 Å². The molecule has 2 aliphatic heterocycles. The van der Waals surface area contributed by atoms with E-state index in [1.807, 2.05) is 23.1 Å². The Morgan fingerprint density at radius 2 is 2.00 bits per heavy atom. The number of carboxylic acids is 1. The van der Waals surface area contributed by atoms with Crippen LogP contribution in [0.4, 0.5) is 4.39 Å². The molecule has 0 aromatic heterocycles. The van der Waals surface area contributed by atoms with E-state index in [1.54, 1.807) is 19.1 Å². The number of aliphatic carboxylic acids is 1. The van der Waals surface area contributed by atoms with E-state index in [1.165, 1.54) is 0 Å². The molecular weight excluding hydrogens is 387 g/mol. The summed E-state index contributed by atoms with van der Waals surface area (Å²) in [6, 6.07) is 7.35. The molecule has 0 bridgehead atoms. The molecule has 28 heavy (non-hydrogen) atoms. The SMILES string of the molecule is CC1=CC(N2CCOCC2)N(Cc2ccc(Cl)cc2)C(OCCF)=C1C(=O)O. The molecule has 152 valence electrons. The minimum atomic E-state index is -1.09. The smallest absolute Gasteiger partial charge is 0.341 e. The lowest BCUT2D eigenvalue weighted by Gasteiger charge is -2.44. The monoisotopic (exact) mass is 410 g/mol. The third-order valence-corrected chi connectivity index (χ3v) is 5.06. The zero-order valence-electron chi connectivity index (χ0n) is 15.7. The number of carboxylic acid groups (broad SMARTS) is 1. The molecule has 2 heterocycles. The van der Waals surface area contributed by atoms with Crippen LogP contribution in [0.3, 0.4) is 0 Å². The zero-order valence-corrected chi connectivity index (χ0v) is 16.5. The molecule has 1 N–H and O–H groups in total. The Labute approximate surface area is 168 Å². The molecule has 0 radical (unpaired) electrons. The number of rotatable bonds is 7. The molecule has 6 nitrogen and oxygen atoms in total. The molecule has 1 saturated heterocycles. The van der Waals surface area contributed by atoms with E-state index >= 15 is 0 Å². The summed E-state index contributed by atoms with van der Waals surface area (Å²) in [5.41, 5.74) is 1.61. The Morgan fingerprint density at radius 3 is 2.61 bits per heavy atom. The molecule has 2 aliphatic rings. The number of carbonyl (C=O) groups is 1. The summed E-state index contributed by atoms with van der Waals surface area (Å²) in [5.74, 6) is -0.902. The van der Waals surface area contributed by atoms with Gasteiger partial charge in [-0.15, -0.1) is 0 Å². The van der Waals surface area contributed by atoms with Crippen molar-refractivity contribution in [2.75, 3.05) is 39.6 Å². The van der Waals surface area contributed by atoms with E-state index in [0.717, 1.165) is 5.56 Å². The van der Waals surface area contributed by atoms with Gasteiger partial charge in [0.05, 0.1) is 13.2 Å². The summed E-state index contributed by atoms with van der Waals surface area (Å²) >= 11 is 5.99. The maximum Gasteiger partial charge on any atom is 0.341 e. The highest BCUT2D eigenvalue weighted by molar-refractivity contribution is 6.30. The van der Waals surface area contributed by atoms with Gasteiger partial charge >= 0.3 is 5.97 Å². The minimum Gasteiger partial charge on any atom is -0.477 e. The first-order valence-electron chi connectivity index (χ1n) is 9.19. The maximum atomic E-state index is 12.9. The van der Waals surface area contributed by atoms with Crippen LogP contribution in [0.1, 0.15) is 12.5 Å². The maximum absolute atomic E-state index is 12.9. The lowest BCUT2D eigenvalue weighted by molar-refractivity contribution is -0.133. The molecule has 0 amide bonds. The standard InChI is InChI=1S/C20H24ClFN2O4/c1-14-12-17(23-7-10-27-11-8-23)24(13-15-2-4-16(21)5-3-15)19(28-9-6-22)18(14)20(25)26/h2-5,12,17H,6-11,13H2,1H3,(H,25,26). The molecule has 8 heteroatoms.